The van der Waals surface area contributed by atoms with Crippen LogP contribution >= 0.6 is 0 Å². The topological polar surface area (TPSA) is 80.5 Å². The number of nitrogen functional groups attached to an aromatic ring is 1. The van der Waals surface area contributed by atoms with Crippen molar-refractivity contribution in [3.05, 3.63) is 29.6 Å². The van der Waals surface area contributed by atoms with E-state index in [1.165, 1.54) is 12.8 Å². The highest BCUT2D eigenvalue weighted by Gasteiger charge is 2.31. The van der Waals surface area contributed by atoms with Crippen molar-refractivity contribution in [1.29, 1.82) is 0 Å². The largest absolute Gasteiger partial charge is 0.383 e. The van der Waals surface area contributed by atoms with Crippen LogP contribution in [-0.4, -0.2) is 42.1 Å². The molecule has 0 bridgehead atoms. The Morgan fingerprint density at radius 2 is 2.33 bits per heavy atom. The highest BCUT2D eigenvalue weighted by atomic mass is 16.5. The summed E-state index contributed by atoms with van der Waals surface area (Å²) in [5, 5.41) is 0. The number of hydrogen-bond acceptors (Lipinski definition) is 5. The molecular weight excluding hydrogens is 268 g/mol. The zero-order valence-corrected chi connectivity index (χ0v) is 12.7. The number of carbonyl (C=O) groups excluding carboxylic acids is 1. The van der Waals surface area contributed by atoms with Gasteiger partial charge in [0.05, 0.1) is 12.3 Å². The molecule has 0 aliphatic heterocycles. The maximum atomic E-state index is 11.5. The number of aromatic nitrogens is 1. The zero-order chi connectivity index (χ0) is 15.2. The molecule has 6 heteroatoms. The summed E-state index contributed by atoms with van der Waals surface area (Å²) >= 11 is 0. The maximum absolute atomic E-state index is 11.5. The molecule has 1 heterocycles. The molecule has 1 unspecified atom stereocenters. The molecule has 21 heavy (non-hydrogen) atoms. The van der Waals surface area contributed by atoms with Gasteiger partial charge in [-0.15, -0.1) is 0 Å². The molecule has 1 saturated carbocycles. The van der Waals surface area contributed by atoms with Gasteiger partial charge in [-0.3, -0.25) is 15.1 Å². The second-order valence-electron chi connectivity index (χ2n) is 5.53. The summed E-state index contributed by atoms with van der Waals surface area (Å²) < 4.78 is 5.20. The Hall–Kier alpha value is -1.50. The Bertz CT molecular complexity index is 476. The van der Waals surface area contributed by atoms with E-state index in [9.17, 15) is 4.79 Å². The molecule has 1 aromatic rings. The van der Waals surface area contributed by atoms with Gasteiger partial charge in [0.15, 0.2) is 0 Å². The average Bonchev–Trinajstić information content (AvgIpc) is 3.35. The minimum absolute atomic E-state index is 0.348. The highest BCUT2D eigenvalue weighted by Crippen LogP contribution is 2.35. The number of carbonyl (C=O) groups is 1. The normalized spacial score (nSPS) is 16.0. The molecule has 1 atom stereocenters. The Balaban J connectivity index is 2.06. The van der Waals surface area contributed by atoms with Crippen LogP contribution in [0.4, 0.5) is 0 Å². The lowest BCUT2D eigenvalue weighted by Crippen LogP contribution is -2.37. The van der Waals surface area contributed by atoms with Crippen molar-refractivity contribution >= 4 is 5.91 Å². The zero-order valence-electron chi connectivity index (χ0n) is 12.7. The number of ether oxygens (including phenoxy) is 1. The molecule has 1 fully saturated rings. The molecule has 1 aromatic heterocycles. The number of hydrogen-bond donors (Lipinski definition) is 2. The van der Waals surface area contributed by atoms with Crippen LogP contribution in [-0.2, 0) is 11.3 Å². The first-order chi connectivity index (χ1) is 10.2. The highest BCUT2D eigenvalue weighted by molar-refractivity contribution is 5.91. The molecule has 0 aromatic carbocycles. The number of pyridine rings is 1. The minimum Gasteiger partial charge on any atom is -0.383 e. The van der Waals surface area contributed by atoms with Crippen LogP contribution in [0.1, 0.15) is 35.9 Å². The van der Waals surface area contributed by atoms with Crippen LogP contribution in [0.2, 0.25) is 0 Å². The molecular formula is C15H24N4O2. The molecule has 0 spiro atoms. The Kier molecular flexibility index (Phi) is 5.67. The van der Waals surface area contributed by atoms with Gasteiger partial charge in [-0.05, 0) is 37.8 Å². The molecule has 3 N–H and O–H groups in total. The SMILES string of the molecule is COCCN(Cc1cccc(C(=O)NN)n1)C(C)C1CC1. The summed E-state index contributed by atoms with van der Waals surface area (Å²) in [6, 6.07) is 5.94. The molecule has 6 nitrogen and oxygen atoms in total. The van der Waals surface area contributed by atoms with Crippen molar-refractivity contribution in [3.63, 3.8) is 0 Å². The van der Waals surface area contributed by atoms with Crippen LogP contribution in [0.15, 0.2) is 18.2 Å². The van der Waals surface area contributed by atoms with Crippen LogP contribution in [0, 0.1) is 5.92 Å². The first-order valence-electron chi connectivity index (χ1n) is 7.35. The lowest BCUT2D eigenvalue weighted by atomic mass is 10.1. The van der Waals surface area contributed by atoms with Gasteiger partial charge in [0.2, 0.25) is 0 Å². The molecule has 1 aliphatic rings. The third-order valence-corrected chi connectivity index (χ3v) is 4.00. The molecule has 2 rings (SSSR count). The fraction of sp³-hybridized carbons (Fsp3) is 0.600. The lowest BCUT2D eigenvalue weighted by molar-refractivity contribution is 0.0946. The number of amides is 1. The molecule has 0 radical (unpaired) electrons. The van der Waals surface area contributed by atoms with Crippen molar-refractivity contribution in [1.82, 2.24) is 15.3 Å². The van der Waals surface area contributed by atoms with E-state index in [0.717, 1.165) is 18.2 Å². The van der Waals surface area contributed by atoms with Gasteiger partial charge in [-0.25, -0.2) is 10.8 Å². The predicted molar refractivity (Wildman–Crippen MR) is 80.4 cm³/mol. The second-order valence-corrected chi connectivity index (χ2v) is 5.53. The molecule has 1 amide bonds. The second kappa shape index (κ2) is 7.49. The van der Waals surface area contributed by atoms with E-state index in [0.29, 0.717) is 24.9 Å². The summed E-state index contributed by atoms with van der Waals surface area (Å²) in [4.78, 5) is 18.3. The van der Waals surface area contributed by atoms with Crippen molar-refractivity contribution < 1.29 is 9.53 Å². The summed E-state index contributed by atoms with van der Waals surface area (Å²) in [6.07, 6.45) is 2.60. The first-order valence-corrected chi connectivity index (χ1v) is 7.35. The number of methoxy groups -OCH3 is 1. The smallest absolute Gasteiger partial charge is 0.283 e. The minimum atomic E-state index is -0.365. The van der Waals surface area contributed by atoms with Crippen molar-refractivity contribution in [2.45, 2.75) is 32.4 Å². The fourth-order valence-electron chi connectivity index (χ4n) is 2.49. The number of rotatable bonds is 8. The number of hydrazine groups is 1. The Morgan fingerprint density at radius 1 is 1.57 bits per heavy atom. The monoisotopic (exact) mass is 292 g/mol. The van der Waals surface area contributed by atoms with Gasteiger partial charge in [-0.1, -0.05) is 6.07 Å². The van der Waals surface area contributed by atoms with Gasteiger partial charge in [0, 0.05) is 26.2 Å². The van der Waals surface area contributed by atoms with Crippen molar-refractivity contribution in [3.8, 4) is 0 Å². The van der Waals surface area contributed by atoms with E-state index >= 15 is 0 Å². The maximum Gasteiger partial charge on any atom is 0.283 e. The Labute approximate surface area is 125 Å². The van der Waals surface area contributed by atoms with E-state index in [4.69, 9.17) is 10.6 Å². The summed E-state index contributed by atoms with van der Waals surface area (Å²) in [5.74, 6) is 5.56. The number of nitrogens with one attached hydrogen (secondary N) is 1. The standard InChI is InChI=1S/C15H24N4O2/c1-11(12-6-7-12)19(8-9-21-2)10-13-4-3-5-14(17-13)15(20)18-16/h3-5,11-12H,6-10,16H2,1-2H3,(H,18,20). The van der Waals surface area contributed by atoms with Gasteiger partial charge in [0.25, 0.3) is 5.91 Å². The molecule has 116 valence electrons. The first kappa shape index (κ1) is 15.9. The van der Waals surface area contributed by atoms with E-state index < -0.39 is 0 Å². The van der Waals surface area contributed by atoms with Gasteiger partial charge >= 0.3 is 0 Å². The van der Waals surface area contributed by atoms with E-state index in [1.807, 2.05) is 12.1 Å². The fourth-order valence-corrected chi connectivity index (χ4v) is 2.49. The van der Waals surface area contributed by atoms with Crippen molar-refractivity contribution in [2.75, 3.05) is 20.3 Å². The van der Waals surface area contributed by atoms with Crippen molar-refractivity contribution in [2.24, 2.45) is 11.8 Å². The van der Waals surface area contributed by atoms with E-state index in [2.05, 4.69) is 22.2 Å². The molecule has 0 saturated heterocycles. The Morgan fingerprint density at radius 3 is 2.95 bits per heavy atom. The quantitative estimate of drug-likeness (QED) is 0.423. The third-order valence-electron chi connectivity index (χ3n) is 4.00. The van der Waals surface area contributed by atoms with Crippen LogP contribution in [0.5, 0.6) is 0 Å². The third kappa shape index (κ3) is 4.49. The number of nitrogens with zero attached hydrogens (tertiary/aromatic N) is 2. The summed E-state index contributed by atoms with van der Waals surface area (Å²) in [7, 11) is 1.71. The average molecular weight is 292 g/mol. The predicted octanol–water partition coefficient (Wildman–Crippen LogP) is 0.932. The van der Waals surface area contributed by atoms with Crippen LogP contribution in [0.25, 0.3) is 0 Å². The van der Waals surface area contributed by atoms with Crippen LogP contribution in [0.3, 0.4) is 0 Å². The molecule has 1 aliphatic carbocycles. The van der Waals surface area contributed by atoms with Gasteiger partial charge < -0.3 is 4.74 Å². The van der Waals surface area contributed by atoms with E-state index in [1.54, 1.807) is 13.2 Å². The van der Waals surface area contributed by atoms with E-state index in [-0.39, 0.29) is 5.91 Å². The summed E-state index contributed by atoms with van der Waals surface area (Å²) in [6.45, 7) is 4.53. The van der Waals surface area contributed by atoms with Crippen LogP contribution < -0.4 is 11.3 Å². The number of nitrogens with two attached hydrogens (primary N) is 1. The summed E-state index contributed by atoms with van der Waals surface area (Å²) in [5.41, 5.74) is 3.33. The van der Waals surface area contributed by atoms with Gasteiger partial charge in [-0.2, -0.15) is 0 Å². The lowest BCUT2D eigenvalue weighted by Gasteiger charge is -2.28. The van der Waals surface area contributed by atoms with Gasteiger partial charge in [0.1, 0.15) is 5.69 Å².